The van der Waals surface area contributed by atoms with Crippen molar-refractivity contribution in [3.05, 3.63) is 66.2 Å². The van der Waals surface area contributed by atoms with Gasteiger partial charge in [-0.15, -0.1) is 0 Å². The van der Waals surface area contributed by atoms with E-state index >= 15 is 0 Å². The second-order valence-corrected chi connectivity index (χ2v) is 4.61. The maximum atomic E-state index is 11.7. The number of urea groups is 1. The van der Waals surface area contributed by atoms with Crippen LogP contribution < -0.4 is 10.6 Å². The molecule has 0 radical (unpaired) electrons. The normalized spacial score (nSPS) is 10.5. The van der Waals surface area contributed by atoms with Gasteiger partial charge in [-0.1, -0.05) is 24.3 Å². The number of pyridine rings is 1. The van der Waals surface area contributed by atoms with Gasteiger partial charge in [0.25, 0.3) is 0 Å². The van der Waals surface area contributed by atoms with E-state index in [2.05, 4.69) is 15.6 Å². The van der Waals surface area contributed by atoms with Crippen LogP contribution in [0.5, 0.6) is 0 Å². The van der Waals surface area contributed by atoms with Crippen LogP contribution in [0.4, 0.5) is 4.79 Å². The molecule has 2 amide bonds. The zero-order valence-corrected chi connectivity index (χ0v) is 11.4. The summed E-state index contributed by atoms with van der Waals surface area (Å²) in [4.78, 5) is 15.8. The molecule has 0 fully saturated rings. The van der Waals surface area contributed by atoms with Crippen LogP contribution in [0.2, 0.25) is 0 Å². The van der Waals surface area contributed by atoms with Crippen molar-refractivity contribution in [2.24, 2.45) is 0 Å². The van der Waals surface area contributed by atoms with Gasteiger partial charge in [0.05, 0.1) is 18.8 Å². The topological polar surface area (TPSA) is 67.2 Å². The molecule has 5 heteroatoms. The van der Waals surface area contributed by atoms with Crippen LogP contribution in [0.15, 0.2) is 59.1 Å². The molecular formula is C16H15N3O2. The number of para-hydroxylation sites is 1. The van der Waals surface area contributed by atoms with E-state index in [0.29, 0.717) is 13.1 Å². The molecule has 0 bridgehead atoms. The summed E-state index contributed by atoms with van der Waals surface area (Å²) in [7, 11) is 0. The number of nitrogens with zero attached hydrogens (tertiary/aromatic N) is 1. The number of hydrogen-bond donors (Lipinski definition) is 2. The number of carbonyl (C=O) groups excluding carboxylic acids is 1. The fraction of sp³-hybridized carbons (Fsp3) is 0.125. The lowest BCUT2D eigenvalue weighted by molar-refractivity contribution is 0.239. The van der Waals surface area contributed by atoms with Gasteiger partial charge in [0.15, 0.2) is 0 Å². The highest BCUT2D eigenvalue weighted by Crippen LogP contribution is 2.18. The quantitative estimate of drug-likeness (QED) is 0.772. The van der Waals surface area contributed by atoms with Gasteiger partial charge in [-0.2, -0.15) is 0 Å². The summed E-state index contributed by atoms with van der Waals surface area (Å²) in [5.41, 5.74) is 1.64. The largest absolute Gasteiger partial charge is 0.459 e. The Labute approximate surface area is 122 Å². The number of amides is 2. The van der Waals surface area contributed by atoms with E-state index in [4.69, 9.17) is 4.42 Å². The molecule has 5 nitrogen and oxygen atoms in total. The summed E-state index contributed by atoms with van der Waals surface area (Å²) in [6.45, 7) is 0.746. The van der Waals surface area contributed by atoms with Crippen molar-refractivity contribution in [2.75, 3.05) is 0 Å². The molecule has 21 heavy (non-hydrogen) atoms. The van der Waals surface area contributed by atoms with E-state index in [9.17, 15) is 4.79 Å². The molecule has 3 rings (SSSR count). The Kier molecular flexibility index (Phi) is 3.82. The first-order chi connectivity index (χ1) is 10.3. The first kappa shape index (κ1) is 13.2. The number of carbonyl (C=O) groups is 1. The number of benzene rings is 1. The fourth-order valence-corrected chi connectivity index (χ4v) is 2.03. The molecule has 0 aliphatic carbocycles. The summed E-state index contributed by atoms with van der Waals surface area (Å²) in [5.74, 6) is 0.726. The summed E-state index contributed by atoms with van der Waals surface area (Å²) in [6.07, 6.45) is 1.70. The Morgan fingerprint density at radius 2 is 1.86 bits per heavy atom. The zero-order chi connectivity index (χ0) is 14.5. The SMILES string of the molecule is O=C(NCc1ccccn1)NCc1cc2ccccc2o1. The summed E-state index contributed by atoms with van der Waals surface area (Å²) >= 11 is 0. The molecule has 0 unspecified atom stereocenters. The summed E-state index contributed by atoms with van der Waals surface area (Å²) < 4.78 is 5.63. The number of furan rings is 1. The summed E-state index contributed by atoms with van der Waals surface area (Å²) in [6, 6.07) is 15.0. The van der Waals surface area contributed by atoms with Crippen LogP contribution in [0.1, 0.15) is 11.5 Å². The molecule has 2 aromatic heterocycles. The maximum absolute atomic E-state index is 11.7. The van der Waals surface area contributed by atoms with Crippen LogP contribution in [0.25, 0.3) is 11.0 Å². The molecule has 1 aromatic carbocycles. The average Bonchev–Trinajstić information content (AvgIpc) is 2.95. The van der Waals surface area contributed by atoms with Crippen molar-refractivity contribution < 1.29 is 9.21 Å². The van der Waals surface area contributed by atoms with E-state index in [1.807, 2.05) is 48.5 Å². The minimum absolute atomic E-state index is 0.249. The Hall–Kier alpha value is -2.82. The molecule has 0 aliphatic heterocycles. The number of rotatable bonds is 4. The first-order valence-corrected chi connectivity index (χ1v) is 6.70. The minimum atomic E-state index is -0.249. The highest BCUT2D eigenvalue weighted by Gasteiger charge is 2.05. The van der Waals surface area contributed by atoms with Crippen LogP contribution in [-0.4, -0.2) is 11.0 Å². The Morgan fingerprint density at radius 3 is 2.67 bits per heavy atom. The van der Waals surface area contributed by atoms with Gasteiger partial charge >= 0.3 is 6.03 Å². The van der Waals surface area contributed by atoms with Gasteiger partial charge in [0.2, 0.25) is 0 Å². The van der Waals surface area contributed by atoms with Gasteiger partial charge < -0.3 is 15.1 Å². The molecule has 2 heterocycles. The number of aromatic nitrogens is 1. The predicted molar refractivity (Wildman–Crippen MR) is 79.5 cm³/mol. The highest BCUT2D eigenvalue weighted by molar-refractivity contribution is 5.78. The molecule has 2 N–H and O–H groups in total. The maximum Gasteiger partial charge on any atom is 0.315 e. The molecule has 0 saturated carbocycles. The van der Waals surface area contributed by atoms with E-state index in [-0.39, 0.29) is 6.03 Å². The lowest BCUT2D eigenvalue weighted by atomic mass is 10.2. The van der Waals surface area contributed by atoms with Crippen molar-refractivity contribution in [1.29, 1.82) is 0 Å². The van der Waals surface area contributed by atoms with Gasteiger partial charge in [-0.05, 0) is 24.3 Å². The summed E-state index contributed by atoms with van der Waals surface area (Å²) in [5, 5.41) is 6.54. The molecule has 0 spiro atoms. The molecule has 106 valence electrons. The molecule has 3 aromatic rings. The third kappa shape index (κ3) is 3.39. The second-order valence-electron chi connectivity index (χ2n) is 4.61. The first-order valence-electron chi connectivity index (χ1n) is 6.70. The van der Waals surface area contributed by atoms with Crippen molar-refractivity contribution in [1.82, 2.24) is 15.6 Å². The third-order valence-corrected chi connectivity index (χ3v) is 3.06. The zero-order valence-electron chi connectivity index (χ0n) is 11.4. The van der Waals surface area contributed by atoms with Crippen LogP contribution in [-0.2, 0) is 13.1 Å². The molecule has 0 atom stereocenters. The number of fused-ring (bicyclic) bond motifs is 1. The Balaban J connectivity index is 1.51. The van der Waals surface area contributed by atoms with Gasteiger partial charge in [0, 0.05) is 11.6 Å². The van der Waals surface area contributed by atoms with Gasteiger partial charge in [-0.25, -0.2) is 4.79 Å². The average molecular weight is 281 g/mol. The number of hydrogen-bond acceptors (Lipinski definition) is 3. The smallest absolute Gasteiger partial charge is 0.315 e. The van der Waals surface area contributed by atoms with E-state index in [1.54, 1.807) is 6.20 Å². The van der Waals surface area contributed by atoms with Crippen molar-refractivity contribution in [3.8, 4) is 0 Å². The molecule has 0 aliphatic rings. The van der Waals surface area contributed by atoms with Crippen molar-refractivity contribution >= 4 is 17.0 Å². The Bertz CT molecular complexity index is 704. The van der Waals surface area contributed by atoms with E-state index in [0.717, 1.165) is 22.4 Å². The molecule has 0 saturated heterocycles. The fourth-order valence-electron chi connectivity index (χ4n) is 2.03. The molecular weight excluding hydrogens is 266 g/mol. The van der Waals surface area contributed by atoms with E-state index in [1.165, 1.54) is 0 Å². The van der Waals surface area contributed by atoms with Crippen LogP contribution in [0.3, 0.4) is 0 Å². The van der Waals surface area contributed by atoms with Crippen molar-refractivity contribution in [3.63, 3.8) is 0 Å². The van der Waals surface area contributed by atoms with Crippen LogP contribution in [0, 0.1) is 0 Å². The predicted octanol–water partition coefficient (Wildman–Crippen LogP) is 2.83. The van der Waals surface area contributed by atoms with Crippen molar-refractivity contribution in [2.45, 2.75) is 13.1 Å². The van der Waals surface area contributed by atoms with Gasteiger partial charge in [-0.3, -0.25) is 4.98 Å². The van der Waals surface area contributed by atoms with Crippen LogP contribution >= 0.6 is 0 Å². The number of nitrogens with one attached hydrogen (secondary N) is 2. The monoisotopic (exact) mass is 281 g/mol. The van der Waals surface area contributed by atoms with E-state index < -0.39 is 0 Å². The lowest BCUT2D eigenvalue weighted by Crippen LogP contribution is -2.34. The lowest BCUT2D eigenvalue weighted by Gasteiger charge is -2.05. The highest BCUT2D eigenvalue weighted by atomic mass is 16.3. The van der Waals surface area contributed by atoms with Gasteiger partial charge in [0.1, 0.15) is 11.3 Å². The Morgan fingerprint density at radius 1 is 1.05 bits per heavy atom. The minimum Gasteiger partial charge on any atom is -0.459 e. The third-order valence-electron chi connectivity index (χ3n) is 3.06. The standard InChI is InChI=1S/C16H15N3O2/c20-16(18-10-13-6-3-4-8-17-13)19-11-14-9-12-5-1-2-7-15(12)21-14/h1-9H,10-11H2,(H2,18,19,20). The second kappa shape index (κ2) is 6.09.